The Morgan fingerprint density at radius 3 is 2.12 bits per heavy atom. The van der Waals surface area contributed by atoms with E-state index in [1.54, 1.807) is 11.3 Å². The summed E-state index contributed by atoms with van der Waals surface area (Å²) in [4.78, 5) is 3.45. The molecule has 0 aromatic carbocycles. The molecular weight excluding hydrogens is 230 g/mol. The summed E-state index contributed by atoms with van der Waals surface area (Å²) in [6.45, 7) is 11.8. The molecule has 0 aliphatic carbocycles. The molecule has 0 saturated carbocycles. The minimum absolute atomic E-state index is 0.340. The lowest BCUT2D eigenvalue weighted by atomic mass is 10.1. The van der Waals surface area contributed by atoms with Crippen LogP contribution in [0.1, 0.15) is 38.7 Å². The molecule has 2 nitrogen and oxygen atoms in total. The van der Waals surface area contributed by atoms with Crippen molar-refractivity contribution in [3.05, 3.63) is 22.4 Å². The zero-order chi connectivity index (χ0) is 12.8. The van der Waals surface area contributed by atoms with E-state index in [4.69, 9.17) is 0 Å². The molecule has 0 aliphatic rings. The smallest absolute Gasteiger partial charge is 0.101 e. The fourth-order valence-electron chi connectivity index (χ4n) is 2.07. The lowest BCUT2D eigenvalue weighted by Crippen LogP contribution is -2.34. The summed E-state index contributed by atoms with van der Waals surface area (Å²) in [7, 11) is 0. The average Bonchev–Trinajstić information content (AvgIpc) is 2.67. The summed E-state index contributed by atoms with van der Waals surface area (Å²) >= 11 is 1.63. The molecule has 1 aromatic rings. The van der Waals surface area contributed by atoms with Crippen LogP contribution in [-0.2, 0) is 0 Å². The van der Waals surface area contributed by atoms with E-state index in [9.17, 15) is 5.11 Å². The minimum Gasteiger partial charge on any atom is -0.386 e. The number of aliphatic hydroxyl groups excluding tert-OH is 1. The first-order chi connectivity index (χ1) is 7.99. The first-order valence-electron chi connectivity index (χ1n) is 6.42. The highest BCUT2D eigenvalue weighted by Crippen LogP contribution is 2.20. The zero-order valence-electron chi connectivity index (χ0n) is 11.4. The monoisotopic (exact) mass is 255 g/mol. The number of rotatable bonds is 7. The molecule has 0 spiro atoms. The van der Waals surface area contributed by atoms with Crippen LogP contribution < -0.4 is 0 Å². The van der Waals surface area contributed by atoms with E-state index in [1.807, 2.05) is 17.5 Å². The van der Waals surface area contributed by atoms with Gasteiger partial charge in [0, 0.05) is 24.5 Å². The van der Waals surface area contributed by atoms with Gasteiger partial charge in [-0.25, -0.2) is 0 Å². The normalized spacial score (nSPS) is 13.9. The summed E-state index contributed by atoms with van der Waals surface area (Å²) in [6, 6.07) is 4.01. The standard InChI is InChI=1S/C14H25NOS/c1-11(2)8-15(9-12(3)4)10-13(16)14-6-5-7-17-14/h5-7,11-13,16H,8-10H2,1-4H3. The van der Waals surface area contributed by atoms with Crippen LogP contribution in [0.5, 0.6) is 0 Å². The molecule has 1 aromatic heterocycles. The third kappa shape index (κ3) is 5.66. The molecular formula is C14H25NOS. The SMILES string of the molecule is CC(C)CN(CC(C)C)CC(O)c1cccs1. The van der Waals surface area contributed by atoms with Gasteiger partial charge in [-0.3, -0.25) is 4.90 Å². The second kappa shape index (κ2) is 7.14. The summed E-state index contributed by atoms with van der Waals surface area (Å²) < 4.78 is 0. The summed E-state index contributed by atoms with van der Waals surface area (Å²) in [6.07, 6.45) is -0.340. The molecule has 0 radical (unpaired) electrons. The van der Waals surface area contributed by atoms with Gasteiger partial charge in [-0.05, 0) is 23.3 Å². The van der Waals surface area contributed by atoms with Crippen molar-refractivity contribution >= 4 is 11.3 Å². The molecule has 1 unspecified atom stereocenters. The first-order valence-corrected chi connectivity index (χ1v) is 7.30. The van der Waals surface area contributed by atoms with Gasteiger partial charge < -0.3 is 5.11 Å². The Balaban J connectivity index is 2.52. The van der Waals surface area contributed by atoms with Crippen LogP contribution in [0.3, 0.4) is 0 Å². The third-order valence-corrected chi connectivity index (χ3v) is 3.52. The Kier molecular flexibility index (Phi) is 6.17. The van der Waals surface area contributed by atoms with E-state index in [-0.39, 0.29) is 6.10 Å². The Morgan fingerprint density at radius 1 is 1.12 bits per heavy atom. The van der Waals surface area contributed by atoms with E-state index in [0.29, 0.717) is 11.8 Å². The van der Waals surface area contributed by atoms with Crippen molar-refractivity contribution in [3.63, 3.8) is 0 Å². The zero-order valence-corrected chi connectivity index (χ0v) is 12.2. The van der Waals surface area contributed by atoms with Crippen LogP contribution in [0.4, 0.5) is 0 Å². The van der Waals surface area contributed by atoms with Crippen LogP contribution >= 0.6 is 11.3 Å². The molecule has 1 rings (SSSR count). The van der Waals surface area contributed by atoms with E-state index < -0.39 is 0 Å². The van der Waals surface area contributed by atoms with E-state index in [0.717, 1.165) is 24.5 Å². The topological polar surface area (TPSA) is 23.5 Å². The third-order valence-electron chi connectivity index (χ3n) is 2.55. The highest BCUT2D eigenvalue weighted by molar-refractivity contribution is 7.10. The van der Waals surface area contributed by atoms with Crippen molar-refractivity contribution in [3.8, 4) is 0 Å². The Hall–Kier alpha value is -0.380. The molecule has 0 fully saturated rings. The average molecular weight is 255 g/mol. The summed E-state index contributed by atoms with van der Waals surface area (Å²) in [5.74, 6) is 1.29. The van der Waals surface area contributed by atoms with Crippen molar-refractivity contribution < 1.29 is 5.11 Å². The quantitative estimate of drug-likeness (QED) is 0.807. The number of aliphatic hydroxyl groups is 1. The molecule has 1 atom stereocenters. The molecule has 1 N–H and O–H groups in total. The number of nitrogens with zero attached hydrogens (tertiary/aromatic N) is 1. The predicted octanol–water partition coefficient (Wildman–Crippen LogP) is 3.40. The van der Waals surface area contributed by atoms with Gasteiger partial charge in [0.1, 0.15) is 6.10 Å². The fourth-order valence-corrected chi connectivity index (χ4v) is 2.77. The minimum atomic E-state index is -0.340. The largest absolute Gasteiger partial charge is 0.386 e. The van der Waals surface area contributed by atoms with Crippen molar-refractivity contribution in [1.29, 1.82) is 0 Å². The molecule has 17 heavy (non-hydrogen) atoms. The van der Waals surface area contributed by atoms with E-state index in [2.05, 4.69) is 32.6 Å². The summed E-state index contributed by atoms with van der Waals surface area (Å²) in [5, 5.41) is 12.2. The van der Waals surface area contributed by atoms with Gasteiger partial charge in [-0.1, -0.05) is 33.8 Å². The van der Waals surface area contributed by atoms with Crippen LogP contribution in [0.15, 0.2) is 17.5 Å². The molecule has 0 bridgehead atoms. The lowest BCUT2D eigenvalue weighted by Gasteiger charge is -2.27. The van der Waals surface area contributed by atoms with Crippen LogP contribution in [0, 0.1) is 11.8 Å². The number of hydrogen-bond acceptors (Lipinski definition) is 3. The van der Waals surface area contributed by atoms with Gasteiger partial charge in [0.2, 0.25) is 0 Å². The highest BCUT2D eigenvalue weighted by Gasteiger charge is 2.16. The van der Waals surface area contributed by atoms with Crippen molar-refractivity contribution in [2.75, 3.05) is 19.6 Å². The maximum atomic E-state index is 10.2. The molecule has 0 amide bonds. The van der Waals surface area contributed by atoms with E-state index in [1.165, 1.54) is 0 Å². The molecule has 98 valence electrons. The number of hydrogen-bond donors (Lipinski definition) is 1. The highest BCUT2D eigenvalue weighted by atomic mass is 32.1. The molecule has 3 heteroatoms. The van der Waals surface area contributed by atoms with Crippen molar-refractivity contribution in [2.45, 2.75) is 33.8 Å². The number of thiophene rings is 1. The maximum Gasteiger partial charge on any atom is 0.101 e. The van der Waals surface area contributed by atoms with E-state index >= 15 is 0 Å². The Labute approximate surface area is 109 Å². The van der Waals surface area contributed by atoms with Crippen LogP contribution in [0.25, 0.3) is 0 Å². The van der Waals surface area contributed by atoms with Crippen LogP contribution in [-0.4, -0.2) is 29.6 Å². The van der Waals surface area contributed by atoms with Crippen molar-refractivity contribution in [2.24, 2.45) is 11.8 Å². The van der Waals surface area contributed by atoms with Gasteiger partial charge in [0.15, 0.2) is 0 Å². The van der Waals surface area contributed by atoms with Gasteiger partial charge >= 0.3 is 0 Å². The second-order valence-corrected chi connectivity index (χ2v) is 6.52. The lowest BCUT2D eigenvalue weighted by molar-refractivity contribution is 0.101. The van der Waals surface area contributed by atoms with Gasteiger partial charge in [0.25, 0.3) is 0 Å². The van der Waals surface area contributed by atoms with Gasteiger partial charge in [-0.2, -0.15) is 0 Å². The molecule has 1 heterocycles. The predicted molar refractivity (Wildman–Crippen MR) is 75.4 cm³/mol. The second-order valence-electron chi connectivity index (χ2n) is 5.54. The Bertz CT molecular complexity index is 285. The molecule has 0 aliphatic heterocycles. The molecule has 0 saturated heterocycles. The fraction of sp³-hybridized carbons (Fsp3) is 0.714. The Morgan fingerprint density at radius 2 is 1.71 bits per heavy atom. The first kappa shape index (κ1) is 14.7. The van der Waals surface area contributed by atoms with Crippen molar-refractivity contribution in [1.82, 2.24) is 4.90 Å². The van der Waals surface area contributed by atoms with Gasteiger partial charge in [-0.15, -0.1) is 11.3 Å². The summed E-state index contributed by atoms with van der Waals surface area (Å²) in [5.41, 5.74) is 0. The maximum absolute atomic E-state index is 10.2. The van der Waals surface area contributed by atoms with Crippen LogP contribution in [0.2, 0.25) is 0 Å². The van der Waals surface area contributed by atoms with Gasteiger partial charge in [0.05, 0.1) is 0 Å².